The summed E-state index contributed by atoms with van der Waals surface area (Å²) in [5.74, 6) is 0. The molecular weight excluding hydrogens is 236 g/mol. The number of hydrogen-bond acceptors (Lipinski definition) is 3. The Morgan fingerprint density at radius 3 is 2.68 bits per heavy atom. The van der Waals surface area contributed by atoms with Gasteiger partial charge in [-0.05, 0) is 37.1 Å². The molecule has 0 aliphatic heterocycles. The fraction of sp³-hybridized carbons (Fsp3) is 0.400. The summed E-state index contributed by atoms with van der Waals surface area (Å²) in [7, 11) is 4.05. The zero-order valence-electron chi connectivity index (χ0n) is 11.9. The van der Waals surface area contributed by atoms with E-state index >= 15 is 0 Å². The average molecular weight is 258 g/mol. The third-order valence-corrected chi connectivity index (χ3v) is 3.28. The van der Waals surface area contributed by atoms with E-state index in [1.54, 1.807) is 0 Å². The summed E-state index contributed by atoms with van der Waals surface area (Å²) in [4.78, 5) is 2.25. The van der Waals surface area contributed by atoms with Crippen LogP contribution in [0.2, 0.25) is 0 Å². The van der Waals surface area contributed by atoms with Gasteiger partial charge in [0.15, 0.2) is 0 Å². The van der Waals surface area contributed by atoms with Crippen molar-refractivity contribution in [3.63, 3.8) is 0 Å². The second-order valence-corrected chi connectivity index (χ2v) is 5.04. The van der Waals surface area contributed by atoms with Crippen LogP contribution < -0.4 is 10.6 Å². The van der Waals surface area contributed by atoms with E-state index in [0.717, 1.165) is 13.0 Å². The van der Waals surface area contributed by atoms with Crippen molar-refractivity contribution in [3.8, 4) is 0 Å². The molecule has 0 saturated heterocycles. The van der Waals surface area contributed by atoms with E-state index in [2.05, 4.69) is 48.4 Å². The van der Waals surface area contributed by atoms with Crippen molar-refractivity contribution in [1.29, 1.82) is 0 Å². The van der Waals surface area contributed by atoms with E-state index in [1.807, 2.05) is 17.9 Å². The summed E-state index contributed by atoms with van der Waals surface area (Å²) in [6.07, 6.45) is 4.90. The molecular formula is C15H22N4. The van der Waals surface area contributed by atoms with Crippen molar-refractivity contribution in [3.05, 3.63) is 47.3 Å². The van der Waals surface area contributed by atoms with E-state index < -0.39 is 0 Å². The number of aryl methyl sites for hydroxylation is 2. The summed E-state index contributed by atoms with van der Waals surface area (Å²) in [6.45, 7) is 3.71. The Kier molecular flexibility index (Phi) is 4.22. The molecule has 0 radical (unpaired) electrons. The number of nitrogens with zero attached hydrogens (tertiary/aromatic N) is 3. The molecule has 2 aromatic rings. The Morgan fingerprint density at radius 1 is 1.32 bits per heavy atom. The fourth-order valence-electron chi connectivity index (χ4n) is 2.38. The van der Waals surface area contributed by atoms with Crippen LogP contribution in [0.25, 0.3) is 0 Å². The quantitative estimate of drug-likeness (QED) is 0.890. The van der Waals surface area contributed by atoms with E-state index in [4.69, 9.17) is 5.73 Å². The number of nitrogens with two attached hydrogens (primary N) is 1. The molecule has 4 heteroatoms. The molecule has 102 valence electrons. The molecule has 1 aromatic heterocycles. The molecule has 0 saturated carbocycles. The highest BCUT2D eigenvalue weighted by Crippen LogP contribution is 2.22. The minimum absolute atomic E-state index is 0.699. The maximum atomic E-state index is 5.59. The molecule has 0 aliphatic carbocycles. The van der Waals surface area contributed by atoms with Gasteiger partial charge in [0, 0.05) is 38.1 Å². The summed E-state index contributed by atoms with van der Waals surface area (Å²) in [6, 6.07) is 6.56. The Labute approximate surface area is 114 Å². The van der Waals surface area contributed by atoms with Crippen LogP contribution in [0.1, 0.15) is 16.7 Å². The molecule has 1 heterocycles. The topological polar surface area (TPSA) is 47.1 Å². The highest BCUT2D eigenvalue weighted by Gasteiger charge is 2.07. The molecule has 0 atom stereocenters. The van der Waals surface area contributed by atoms with Crippen LogP contribution in [0, 0.1) is 6.92 Å². The number of aromatic nitrogens is 2. The van der Waals surface area contributed by atoms with Crippen molar-refractivity contribution in [2.45, 2.75) is 19.9 Å². The van der Waals surface area contributed by atoms with Gasteiger partial charge in [0.05, 0.1) is 6.20 Å². The summed E-state index contributed by atoms with van der Waals surface area (Å²) in [5, 5.41) is 4.20. The van der Waals surface area contributed by atoms with Crippen LogP contribution in [0.3, 0.4) is 0 Å². The van der Waals surface area contributed by atoms with E-state index in [1.165, 1.54) is 22.4 Å². The Hall–Kier alpha value is -1.81. The standard InChI is InChI=1S/C15H22N4/c1-12-8-13(6-7-16)4-5-15(12)18(2)10-14-9-17-19(3)11-14/h4-5,8-9,11H,6-7,10,16H2,1-3H3. The lowest BCUT2D eigenvalue weighted by molar-refractivity contribution is 0.766. The summed E-state index contributed by atoms with van der Waals surface area (Å²) in [5.41, 5.74) is 10.7. The van der Waals surface area contributed by atoms with Crippen LogP contribution >= 0.6 is 0 Å². The highest BCUT2D eigenvalue weighted by atomic mass is 15.2. The predicted molar refractivity (Wildman–Crippen MR) is 79.3 cm³/mol. The number of benzene rings is 1. The first kappa shape index (κ1) is 13.6. The Balaban J connectivity index is 2.12. The fourth-order valence-corrected chi connectivity index (χ4v) is 2.38. The average Bonchev–Trinajstić information content (AvgIpc) is 2.75. The maximum absolute atomic E-state index is 5.59. The van der Waals surface area contributed by atoms with Crippen LogP contribution in [0.4, 0.5) is 5.69 Å². The van der Waals surface area contributed by atoms with Gasteiger partial charge in [0.1, 0.15) is 0 Å². The number of hydrogen-bond donors (Lipinski definition) is 1. The van der Waals surface area contributed by atoms with Crippen molar-refractivity contribution < 1.29 is 0 Å². The predicted octanol–water partition coefficient (Wildman–Crippen LogP) is 1.87. The van der Waals surface area contributed by atoms with Crippen molar-refractivity contribution in [1.82, 2.24) is 9.78 Å². The third-order valence-electron chi connectivity index (χ3n) is 3.28. The summed E-state index contributed by atoms with van der Waals surface area (Å²) >= 11 is 0. The van der Waals surface area contributed by atoms with Gasteiger partial charge in [-0.2, -0.15) is 5.10 Å². The molecule has 0 fully saturated rings. The number of anilines is 1. The van der Waals surface area contributed by atoms with Crippen LogP contribution in [0.5, 0.6) is 0 Å². The Bertz CT molecular complexity index is 545. The molecule has 4 nitrogen and oxygen atoms in total. The lowest BCUT2D eigenvalue weighted by Crippen LogP contribution is -2.17. The SMILES string of the molecule is Cc1cc(CCN)ccc1N(C)Cc1cnn(C)c1. The first-order valence-electron chi connectivity index (χ1n) is 6.58. The summed E-state index contributed by atoms with van der Waals surface area (Å²) < 4.78 is 1.83. The lowest BCUT2D eigenvalue weighted by Gasteiger charge is -2.21. The molecule has 0 bridgehead atoms. The van der Waals surface area contributed by atoms with Gasteiger partial charge in [0.25, 0.3) is 0 Å². The van der Waals surface area contributed by atoms with Crippen LogP contribution in [-0.4, -0.2) is 23.4 Å². The smallest absolute Gasteiger partial charge is 0.0539 e. The van der Waals surface area contributed by atoms with Crippen LogP contribution in [0.15, 0.2) is 30.6 Å². The van der Waals surface area contributed by atoms with E-state index in [9.17, 15) is 0 Å². The van der Waals surface area contributed by atoms with Crippen molar-refractivity contribution in [2.24, 2.45) is 12.8 Å². The molecule has 0 amide bonds. The highest BCUT2D eigenvalue weighted by molar-refractivity contribution is 5.54. The van der Waals surface area contributed by atoms with E-state index in [0.29, 0.717) is 6.54 Å². The molecule has 0 spiro atoms. The molecule has 0 unspecified atom stereocenters. The minimum Gasteiger partial charge on any atom is -0.370 e. The normalized spacial score (nSPS) is 10.7. The minimum atomic E-state index is 0.699. The van der Waals surface area contributed by atoms with Gasteiger partial charge in [-0.25, -0.2) is 0 Å². The molecule has 2 N–H and O–H groups in total. The zero-order chi connectivity index (χ0) is 13.8. The van der Waals surface area contributed by atoms with E-state index in [-0.39, 0.29) is 0 Å². The molecule has 19 heavy (non-hydrogen) atoms. The molecule has 0 aliphatic rings. The largest absolute Gasteiger partial charge is 0.370 e. The van der Waals surface area contributed by atoms with Gasteiger partial charge >= 0.3 is 0 Å². The first-order chi connectivity index (χ1) is 9.10. The van der Waals surface area contributed by atoms with Crippen molar-refractivity contribution >= 4 is 5.69 Å². The van der Waals surface area contributed by atoms with Crippen molar-refractivity contribution in [2.75, 3.05) is 18.5 Å². The second kappa shape index (κ2) is 5.89. The zero-order valence-corrected chi connectivity index (χ0v) is 11.9. The molecule has 2 rings (SSSR count). The lowest BCUT2D eigenvalue weighted by atomic mass is 10.1. The number of rotatable bonds is 5. The monoisotopic (exact) mass is 258 g/mol. The van der Waals surface area contributed by atoms with Gasteiger partial charge in [-0.15, -0.1) is 0 Å². The first-order valence-corrected chi connectivity index (χ1v) is 6.58. The molecule has 1 aromatic carbocycles. The van der Waals surface area contributed by atoms with Crippen LogP contribution in [-0.2, 0) is 20.0 Å². The van der Waals surface area contributed by atoms with Gasteiger partial charge in [-0.3, -0.25) is 4.68 Å². The second-order valence-electron chi connectivity index (χ2n) is 5.04. The maximum Gasteiger partial charge on any atom is 0.0539 e. The van der Waals surface area contributed by atoms with Gasteiger partial charge in [0.2, 0.25) is 0 Å². The Morgan fingerprint density at radius 2 is 2.11 bits per heavy atom. The van der Waals surface area contributed by atoms with Gasteiger partial charge in [-0.1, -0.05) is 12.1 Å². The van der Waals surface area contributed by atoms with Gasteiger partial charge < -0.3 is 10.6 Å². The third kappa shape index (κ3) is 3.35.